The Morgan fingerprint density at radius 1 is 1.03 bits per heavy atom. The number of benzene rings is 2. The molecule has 0 unspecified atom stereocenters. The molecule has 3 aliphatic rings. The minimum Gasteiger partial charge on any atom is -0.493 e. The molecule has 5 nitrogen and oxygen atoms in total. The van der Waals surface area contributed by atoms with Crippen LogP contribution in [0, 0.1) is 0 Å². The Hall–Kier alpha value is -3.35. The number of carbonyl (C=O) groups is 1. The van der Waals surface area contributed by atoms with Crippen LogP contribution in [0.2, 0.25) is 0 Å². The number of nitrogens with zero attached hydrogens (tertiary/aromatic N) is 2. The molecular formula is C32H33N3O2S. The number of piperidine rings is 1. The average Bonchev–Trinajstić information content (AvgIpc) is 3.69. The van der Waals surface area contributed by atoms with Crippen molar-refractivity contribution in [2.75, 3.05) is 26.2 Å². The van der Waals surface area contributed by atoms with Crippen LogP contribution in [0.3, 0.4) is 0 Å². The van der Waals surface area contributed by atoms with E-state index < -0.39 is 0 Å². The Bertz CT molecular complexity index is 1510. The van der Waals surface area contributed by atoms with Crippen molar-refractivity contribution in [2.24, 2.45) is 0 Å². The lowest BCUT2D eigenvalue weighted by molar-refractivity contribution is -0.128. The smallest absolute Gasteiger partial charge is 0.247 e. The molecule has 5 heterocycles. The normalized spacial score (nSPS) is 19.6. The molecule has 1 N–H and O–H groups in total. The van der Waals surface area contributed by atoms with Crippen molar-refractivity contribution < 1.29 is 9.53 Å². The van der Waals surface area contributed by atoms with E-state index in [9.17, 15) is 4.79 Å². The van der Waals surface area contributed by atoms with Crippen molar-refractivity contribution in [3.8, 4) is 5.75 Å². The number of amides is 1. The molecule has 1 fully saturated rings. The molecule has 0 radical (unpaired) electrons. The number of para-hydroxylation sites is 1. The molecule has 4 aromatic rings. The lowest BCUT2D eigenvalue weighted by Crippen LogP contribution is -2.39. The van der Waals surface area contributed by atoms with Gasteiger partial charge in [0.1, 0.15) is 5.75 Å². The standard InChI is InChI=1S/C32H33N3O2S/c36-30(13-11-24-9-10-25(38-24)21-34-16-4-1-5-17-34)35-18-14-27-26-6-2-3-7-28(26)33-31(27)32(35)23-8-12-29-22(20-23)15-19-37-29/h2-3,6-13,20,32-33H,1,4-5,14-19,21H2/b13-11+/t32-/m1/s1. The molecule has 2 aromatic carbocycles. The zero-order valence-corrected chi connectivity index (χ0v) is 22.4. The molecule has 1 saturated heterocycles. The fourth-order valence-corrected chi connectivity index (χ4v) is 7.32. The first-order valence-electron chi connectivity index (χ1n) is 13.9. The number of nitrogens with one attached hydrogen (secondary N) is 1. The summed E-state index contributed by atoms with van der Waals surface area (Å²) in [7, 11) is 0. The van der Waals surface area contributed by atoms with Gasteiger partial charge in [-0.1, -0.05) is 30.7 Å². The van der Waals surface area contributed by atoms with E-state index in [0.717, 1.165) is 53.4 Å². The quantitative estimate of drug-likeness (QED) is 0.311. The molecule has 194 valence electrons. The zero-order chi connectivity index (χ0) is 25.5. The maximum atomic E-state index is 13.7. The van der Waals surface area contributed by atoms with Crippen LogP contribution < -0.4 is 4.74 Å². The first-order chi connectivity index (χ1) is 18.7. The Morgan fingerprint density at radius 3 is 2.84 bits per heavy atom. The number of thiophene rings is 1. The average molecular weight is 524 g/mol. The van der Waals surface area contributed by atoms with Crippen molar-refractivity contribution in [1.82, 2.24) is 14.8 Å². The monoisotopic (exact) mass is 523 g/mol. The van der Waals surface area contributed by atoms with E-state index >= 15 is 0 Å². The number of carbonyl (C=O) groups excluding carboxylic acids is 1. The molecular weight excluding hydrogens is 490 g/mol. The highest BCUT2D eigenvalue weighted by molar-refractivity contribution is 7.12. The largest absolute Gasteiger partial charge is 0.493 e. The predicted octanol–water partition coefficient (Wildman–Crippen LogP) is 6.34. The highest BCUT2D eigenvalue weighted by Gasteiger charge is 2.34. The zero-order valence-electron chi connectivity index (χ0n) is 21.6. The number of hydrogen-bond donors (Lipinski definition) is 1. The molecule has 0 spiro atoms. The lowest BCUT2D eigenvalue weighted by atomic mass is 9.91. The Labute approximate surface area is 227 Å². The van der Waals surface area contributed by atoms with Crippen molar-refractivity contribution in [1.29, 1.82) is 0 Å². The minimum absolute atomic E-state index is 0.0574. The van der Waals surface area contributed by atoms with Gasteiger partial charge in [-0.15, -0.1) is 11.3 Å². The van der Waals surface area contributed by atoms with Crippen molar-refractivity contribution in [3.63, 3.8) is 0 Å². The van der Waals surface area contributed by atoms with Gasteiger partial charge in [0.15, 0.2) is 0 Å². The van der Waals surface area contributed by atoms with Gasteiger partial charge in [0.2, 0.25) is 5.91 Å². The fourth-order valence-electron chi connectivity index (χ4n) is 6.36. The first-order valence-corrected chi connectivity index (χ1v) is 14.7. The van der Waals surface area contributed by atoms with E-state index in [1.54, 1.807) is 17.4 Å². The van der Waals surface area contributed by atoms with Crippen LogP contribution >= 0.6 is 11.3 Å². The molecule has 2 aromatic heterocycles. The Morgan fingerprint density at radius 2 is 1.92 bits per heavy atom. The summed E-state index contributed by atoms with van der Waals surface area (Å²) in [4.78, 5) is 24.5. The number of hydrogen-bond acceptors (Lipinski definition) is 4. The summed E-state index contributed by atoms with van der Waals surface area (Å²) in [6.07, 6.45) is 9.50. The van der Waals surface area contributed by atoms with Crippen LogP contribution in [0.5, 0.6) is 5.75 Å². The van der Waals surface area contributed by atoms with Gasteiger partial charge in [0.25, 0.3) is 0 Å². The summed E-state index contributed by atoms with van der Waals surface area (Å²) >= 11 is 1.80. The molecule has 6 heteroatoms. The maximum Gasteiger partial charge on any atom is 0.247 e. The summed E-state index contributed by atoms with van der Waals surface area (Å²) in [6.45, 7) is 4.84. The number of fused-ring (bicyclic) bond motifs is 4. The predicted molar refractivity (Wildman–Crippen MR) is 154 cm³/mol. The summed E-state index contributed by atoms with van der Waals surface area (Å²) in [6, 6.07) is 19.1. The minimum atomic E-state index is -0.146. The first kappa shape index (κ1) is 23.7. The summed E-state index contributed by atoms with van der Waals surface area (Å²) < 4.78 is 5.77. The Kier molecular flexibility index (Phi) is 6.30. The van der Waals surface area contributed by atoms with Gasteiger partial charge < -0.3 is 14.6 Å². The highest BCUT2D eigenvalue weighted by Crippen LogP contribution is 2.40. The number of rotatable bonds is 5. The molecule has 0 saturated carbocycles. The van der Waals surface area contributed by atoms with E-state index in [4.69, 9.17) is 4.74 Å². The van der Waals surface area contributed by atoms with Crippen molar-refractivity contribution >= 4 is 34.2 Å². The van der Waals surface area contributed by atoms with Crippen LogP contribution in [0.4, 0.5) is 0 Å². The number of likely N-dealkylation sites (tertiary alicyclic amines) is 1. The Balaban J connectivity index is 1.17. The van der Waals surface area contributed by atoms with Crippen LogP contribution in [0.1, 0.15) is 57.4 Å². The third-order valence-electron chi connectivity index (χ3n) is 8.25. The van der Waals surface area contributed by atoms with Crippen molar-refractivity contribution in [2.45, 2.75) is 44.7 Å². The topological polar surface area (TPSA) is 48.6 Å². The number of aromatic amines is 1. The van der Waals surface area contributed by atoms with Gasteiger partial charge in [0.05, 0.1) is 12.6 Å². The van der Waals surface area contributed by atoms with Gasteiger partial charge in [-0.2, -0.15) is 0 Å². The molecule has 7 rings (SSSR count). The second kappa shape index (κ2) is 10.1. The number of ether oxygens (including phenoxy) is 1. The van der Waals surface area contributed by atoms with Crippen molar-refractivity contribution in [3.05, 3.63) is 92.8 Å². The third-order valence-corrected chi connectivity index (χ3v) is 9.28. The van der Waals surface area contributed by atoms with Gasteiger partial charge in [-0.3, -0.25) is 9.69 Å². The SMILES string of the molecule is O=C(/C=C/c1ccc(CN2CCCCC2)s1)N1CCc2c([nH]c3ccccc23)[C@H]1c1ccc2c(c1)CCO2. The van der Waals surface area contributed by atoms with Crippen LogP contribution in [0.25, 0.3) is 17.0 Å². The molecule has 1 amide bonds. The van der Waals surface area contributed by atoms with E-state index in [-0.39, 0.29) is 11.9 Å². The van der Waals surface area contributed by atoms with Gasteiger partial charge in [-0.05, 0) is 85.5 Å². The van der Waals surface area contributed by atoms with Gasteiger partial charge >= 0.3 is 0 Å². The number of aromatic nitrogens is 1. The molecule has 0 aliphatic carbocycles. The van der Waals surface area contributed by atoms with E-state index in [1.165, 1.54) is 53.7 Å². The molecule has 38 heavy (non-hydrogen) atoms. The third kappa shape index (κ3) is 4.46. The van der Waals surface area contributed by atoms with Gasteiger partial charge in [-0.25, -0.2) is 0 Å². The van der Waals surface area contributed by atoms with E-state index in [2.05, 4.69) is 64.5 Å². The molecule has 0 bridgehead atoms. The second-order valence-corrected chi connectivity index (χ2v) is 11.9. The molecule has 1 atom stereocenters. The van der Waals surface area contributed by atoms with Crippen LogP contribution in [-0.4, -0.2) is 46.9 Å². The number of H-pyrrole nitrogens is 1. The van der Waals surface area contributed by atoms with Crippen LogP contribution in [0.15, 0.2) is 60.7 Å². The fraction of sp³-hybridized carbons (Fsp3) is 0.344. The molecule has 3 aliphatic heterocycles. The van der Waals surface area contributed by atoms with E-state index in [1.807, 2.05) is 11.0 Å². The van der Waals surface area contributed by atoms with Crippen LogP contribution in [-0.2, 0) is 24.2 Å². The highest BCUT2D eigenvalue weighted by atomic mass is 32.1. The second-order valence-electron chi connectivity index (χ2n) is 10.7. The summed E-state index contributed by atoms with van der Waals surface area (Å²) in [5.41, 5.74) is 5.97. The van der Waals surface area contributed by atoms with Gasteiger partial charge in [0, 0.05) is 51.9 Å². The van der Waals surface area contributed by atoms with E-state index in [0.29, 0.717) is 6.54 Å². The maximum absolute atomic E-state index is 13.7. The summed E-state index contributed by atoms with van der Waals surface area (Å²) in [5, 5.41) is 1.26. The lowest BCUT2D eigenvalue weighted by Gasteiger charge is -2.36. The summed E-state index contributed by atoms with van der Waals surface area (Å²) in [5.74, 6) is 1.03.